The van der Waals surface area contributed by atoms with Gasteiger partial charge < -0.3 is 35.4 Å². The molecular formula is C45H74NO11P. The number of aliphatic hydroxyl groups excluding tert-OH is 3. The molecule has 0 spiro atoms. The Kier molecular flexibility index (Phi) is 37.1. The molecule has 0 fully saturated rings. The Morgan fingerprint density at radius 1 is 0.672 bits per heavy atom. The molecule has 0 bridgehead atoms. The van der Waals surface area contributed by atoms with E-state index >= 15 is 0 Å². The van der Waals surface area contributed by atoms with Gasteiger partial charge in [0, 0.05) is 19.4 Å². The Labute approximate surface area is 348 Å². The summed E-state index contributed by atoms with van der Waals surface area (Å²) in [5.41, 5.74) is 5.32. The highest BCUT2D eigenvalue weighted by molar-refractivity contribution is 7.47. The van der Waals surface area contributed by atoms with Gasteiger partial charge in [-0.1, -0.05) is 137 Å². The second-order valence-corrected chi connectivity index (χ2v) is 15.1. The van der Waals surface area contributed by atoms with Crippen LogP contribution in [0.15, 0.2) is 97.2 Å². The van der Waals surface area contributed by atoms with Crippen LogP contribution in [0.3, 0.4) is 0 Å². The third kappa shape index (κ3) is 37.1. The van der Waals surface area contributed by atoms with E-state index in [9.17, 15) is 34.4 Å². The van der Waals surface area contributed by atoms with E-state index in [-0.39, 0.29) is 45.4 Å². The van der Waals surface area contributed by atoms with Crippen molar-refractivity contribution < 1.29 is 52.9 Å². The predicted octanol–water partition coefficient (Wildman–Crippen LogP) is 8.74. The minimum atomic E-state index is -4.49. The molecule has 58 heavy (non-hydrogen) atoms. The van der Waals surface area contributed by atoms with Crippen LogP contribution in [-0.2, 0) is 32.7 Å². The van der Waals surface area contributed by atoms with Crippen molar-refractivity contribution in [2.75, 3.05) is 26.4 Å². The number of carbonyl (C=O) groups excluding carboxylic acids is 2. The minimum Gasteiger partial charge on any atom is -0.462 e. The van der Waals surface area contributed by atoms with E-state index < -0.39 is 50.8 Å². The van der Waals surface area contributed by atoms with Crippen LogP contribution in [-0.4, -0.2) is 82.9 Å². The van der Waals surface area contributed by atoms with E-state index in [2.05, 4.69) is 43.4 Å². The van der Waals surface area contributed by atoms with Crippen LogP contribution < -0.4 is 5.73 Å². The summed E-state index contributed by atoms with van der Waals surface area (Å²) in [6, 6.07) is 0. The van der Waals surface area contributed by atoms with Crippen molar-refractivity contribution >= 4 is 19.8 Å². The molecule has 0 aliphatic heterocycles. The molecule has 0 aromatic heterocycles. The summed E-state index contributed by atoms with van der Waals surface area (Å²) in [6.07, 6.45) is 39.5. The Hall–Kier alpha value is -3.19. The van der Waals surface area contributed by atoms with E-state index in [0.717, 1.165) is 51.4 Å². The monoisotopic (exact) mass is 835 g/mol. The molecule has 0 aromatic rings. The van der Waals surface area contributed by atoms with Crippen LogP contribution in [0, 0.1) is 0 Å². The maximum atomic E-state index is 12.6. The number of unbranched alkanes of at least 4 members (excludes halogenated alkanes) is 7. The van der Waals surface area contributed by atoms with Crippen LogP contribution in [0.4, 0.5) is 0 Å². The maximum absolute atomic E-state index is 12.6. The quantitative estimate of drug-likeness (QED) is 0.0132. The summed E-state index contributed by atoms with van der Waals surface area (Å²) in [4.78, 5) is 34.9. The normalized spacial score (nSPS) is 15.9. The van der Waals surface area contributed by atoms with E-state index in [0.29, 0.717) is 12.8 Å². The first kappa shape index (κ1) is 54.8. The first-order valence-corrected chi connectivity index (χ1v) is 22.5. The zero-order valence-corrected chi connectivity index (χ0v) is 36.0. The number of carbonyl (C=O) groups is 2. The van der Waals surface area contributed by atoms with Gasteiger partial charge >= 0.3 is 19.8 Å². The number of allylic oxidation sites excluding steroid dienone is 13. The molecule has 1 unspecified atom stereocenters. The van der Waals surface area contributed by atoms with Gasteiger partial charge in [0.05, 0.1) is 31.5 Å². The van der Waals surface area contributed by atoms with E-state index in [1.807, 2.05) is 19.1 Å². The molecule has 0 saturated carbocycles. The molecular weight excluding hydrogens is 761 g/mol. The largest absolute Gasteiger partial charge is 0.472 e. The molecule has 0 aromatic carbocycles. The average Bonchev–Trinajstić information content (AvgIpc) is 3.20. The number of phosphoric ester groups is 1. The lowest BCUT2D eigenvalue weighted by Crippen LogP contribution is -2.30. The molecule has 0 aliphatic rings. The van der Waals surface area contributed by atoms with Crippen molar-refractivity contribution in [1.82, 2.24) is 0 Å². The third-order valence-electron chi connectivity index (χ3n) is 8.30. The molecule has 13 heteroatoms. The summed E-state index contributed by atoms with van der Waals surface area (Å²) < 4.78 is 32.5. The van der Waals surface area contributed by atoms with Crippen molar-refractivity contribution in [3.63, 3.8) is 0 Å². The zero-order chi connectivity index (χ0) is 43.0. The van der Waals surface area contributed by atoms with Crippen LogP contribution >= 0.6 is 7.82 Å². The van der Waals surface area contributed by atoms with Crippen LogP contribution in [0.5, 0.6) is 0 Å². The SMILES string of the molecule is CC/C=C\C[C@H](O)/C=C/C=C/C=C\C=C/[C@@H](O)[C@H](O)CCCC(=O)O[C@H](COC(=O)CCCCCC/C=C\C/C=C\C/C=C\CCCCC)COP(=O)(O)OCCN. The highest BCUT2D eigenvalue weighted by atomic mass is 31.2. The number of hydrogen-bond donors (Lipinski definition) is 5. The van der Waals surface area contributed by atoms with Gasteiger partial charge in [0.15, 0.2) is 6.10 Å². The van der Waals surface area contributed by atoms with Gasteiger partial charge in [0.2, 0.25) is 0 Å². The molecule has 0 rings (SSSR count). The number of phosphoric acid groups is 1. The lowest BCUT2D eigenvalue weighted by atomic mass is 10.1. The summed E-state index contributed by atoms with van der Waals surface area (Å²) in [5.74, 6) is -1.20. The van der Waals surface area contributed by atoms with Crippen LogP contribution in [0.1, 0.15) is 123 Å². The van der Waals surface area contributed by atoms with E-state index in [4.69, 9.17) is 24.3 Å². The molecule has 0 amide bonds. The summed E-state index contributed by atoms with van der Waals surface area (Å²) in [6.45, 7) is 3.05. The van der Waals surface area contributed by atoms with Gasteiger partial charge in [-0.15, -0.1) is 0 Å². The highest BCUT2D eigenvalue weighted by Gasteiger charge is 2.26. The molecule has 0 aliphatic carbocycles. The Morgan fingerprint density at radius 3 is 1.93 bits per heavy atom. The number of nitrogens with two attached hydrogens (primary N) is 1. The Balaban J connectivity index is 4.58. The molecule has 6 N–H and O–H groups in total. The van der Waals surface area contributed by atoms with E-state index in [1.165, 1.54) is 25.3 Å². The van der Waals surface area contributed by atoms with Gasteiger partial charge in [-0.05, 0) is 70.6 Å². The van der Waals surface area contributed by atoms with Gasteiger partial charge in [0.1, 0.15) is 6.61 Å². The molecule has 5 atom stereocenters. The molecule has 330 valence electrons. The molecule has 0 heterocycles. The highest BCUT2D eigenvalue weighted by Crippen LogP contribution is 2.43. The summed E-state index contributed by atoms with van der Waals surface area (Å²) in [7, 11) is -4.49. The number of aliphatic hydroxyl groups is 3. The Bertz CT molecular complexity index is 1320. The van der Waals surface area contributed by atoms with Crippen molar-refractivity contribution in [3.05, 3.63) is 97.2 Å². The number of esters is 2. The first-order chi connectivity index (χ1) is 28.0. The van der Waals surface area contributed by atoms with Crippen LogP contribution in [0.2, 0.25) is 0 Å². The van der Waals surface area contributed by atoms with Gasteiger partial charge in [0.25, 0.3) is 0 Å². The topological polar surface area (TPSA) is 195 Å². The fourth-order valence-corrected chi connectivity index (χ4v) is 5.80. The minimum absolute atomic E-state index is 0.0117. The zero-order valence-electron chi connectivity index (χ0n) is 35.1. The van der Waals surface area contributed by atoms with Crippen molar-refractivity contribution in [2.45, 2.75) is 147 Å². The molecule has 12 nitrogen and oxygen atoms in total. The smallest absolute Gasteiger partial charge is 0.462 e. The Morgan fingerprint density at radius 2 is 1.28 bits per heavy atom. The van der Waals surface area contributed by atoms with Gasteiger partial charge in [-0.3, -0.25) is 18.6 Å². The lowest BCUT2D eigenvalue weighted by molar-refractivity contribution is -0.161. The van der Waals surface area contributed by atoms with Gasteiger partial charge in [-0.2, -0.15) is 0 Å². The van der Waals surface area contributed by atoms with Gasteiger partial charge in [-0.25, -0.2) is 4.57 Å². The van der Waals surface area contributed by atoms with Crippen molar-refractivity contribution in [1.29, 1.82) is 0 Å². The standard InChI is InChI=1S/C45H74NO11P/c1-3-5-7-8-9-10-11-12-13-14-15-16-17-18-19-24-28-34-44(50)54-38-41(39-56-58(52,53)55-37-36-46)57-45(51)35-29-33-43(49)42(48)32-27-23-21-20-22-26-31-40(47)30-25-6-4-2/h6,9-10,12-13,15-16,20-23,25-27,31-32,40-43,47-49H,3-5,7-8,11,14,17-19,24,28-30,33-39,46H2,1-2H3,(H,52,53)/b10-9-,13-12-,16-15-,22-20+,23-21-,25-6-,31-26+,32-27-/t40-,41+,42+,43+/m0/s1. The second kappa shape index (κ2) is 39.3. The molecule has 0 saturated heterocycles. The number of ether oxygens (including phenoxy) is 2. The van der Waals surface area contributed by atoms with Crippen molar-refractivity contribution in [2.24, 2.45) is 5.73 Å². The maximum Gasteiger partial charge on any atom is 0.472 e. The fraction of sp³-hybridized carbons (Fsp3) is 0.600. The number of hydrogen-bond acceptors (Lipinski definition) is 11. The first-order valence-electron chi connectivity index (χ1n) is 21.0. The van der Waals surface area contributed by atoms with Crippen LogP contribution in [0.25, 0.3) is 0 Å². The van der Waals surface area contributed by atoms with Crippen molar-refractivity contribution in [3.8, 4) is 0 Å². The molecule has 0 radical (unpaired) electrons. The average molecular weight is 836 g/mol. The number of rotatable bonds is 37. The lowest BCUT2D eigenvalue weighted by Gasteiger charge is -2.20. The third-order valence-corrected chi connectivity index (χ3v) is 9.28. The predicted molar refractivity (Wildman–Crippen MR) is 233 cm³/mol. The fourth-order valence-electron chi connectivity index (χ4n) is 5.04. The second-order valence-electron chi connectivity index (χ2n) is 13.7. The summed E-state index contributed by atoms with van der Waals surface area (Å²) in [5, 5.41) is 30.4. The van der Waals surface area contributed by atoms with E-state index in [1.54, 1.807) is 42.5 Å². The summed E-state index contributed by atoms with van der Waals surface area (Å²) >= 11 is 0.